The molecule has 0 bridgehead atoms. The van der Waals surface area contributed by atoms with Crippen LogP contribution in [0.15, 0.2) is 5.18 Å². The summed E-state index contributed by atoms with van der Waals surface area (Å²) in [6.07, 6.45) is -0.613. The first-order valence-electron chi connectivity index (χ1n) is 2.19. The molecule has 0 fully saturated rings. The molecule has 0 aliphatic heterocycles. The van der Waals surface area contributed by atoms with Crippen LogP contribution in [0.4, 0.5) is 0 Å². The molecule has 0 aliphatic carbocycles. The maximum Gasteiger partial charge on any atom is 0.115 e. The average molecular weight is 103 g/mol. The molecule has 42 valence electrons. The van der Waals surface area contributed by atoms with Crippen LogP contribution in [0, 0.1) is 4.91 Å². The van der Waals surface area contributed by atoms with Gasteiger partial charge in [0.05, 0.1) is 6.10 Å². The van der Waals surface area contributed by atoms with Crippen LogP contribution in [0.5, 0.6) is 0 Å². The lowest BCUT2D eigenvalue weighted by molar-refractivity contribution is 0.171. The first kappa shape index (κ1) is 6.56. The summed E-state index contributed by atoms with van der Waals surface area (Å²) in [4.78, 5) is 9.54. The molecule has 0 heterocycles. The predicted molar refractivity (Wildman–Crippen MR) is 26.9 cm³/mol. The van der Waals surface area contributed by atoms with Crippen LogP contribution in [0.25, 0.3) is 0 Å². The Morgan fingerprint density at radius 2 is 2.00 bits per heavy atom. The number of aliphatic hydroxyl groups is 1. The molecule has 3 heteroatoms. The van der Waals surface area contributed by atoms with Gasteiger partial charge in [-0.1, -0.05) is 5.18 Å². The highest BCUT2D eigenvalue weighted by atomic mass is 16.3. The van der Waals surface area contributed by atoms with Crippen molar-refractivity contribution in [3.05, 3.63) is 4.91 Å². The largest absolute Gasteiger partial charge is 0.391 e. The van der Waals surface area contributed by atoms with Crippen molar-refractivity contribution in [3.8, 4) is 0 Å². The predicted octanol–water partition coefficient (Wildman–Crippen LogP) is 0.522. The molecule has 0 radical (unpaired) electrons. The van der Waals surface area contributed by atoms with Gasteiger partial charge in [0.2, 0.25) is 0 Å². The molecule has 7 heavy (non-hydrogen) atoms. The van der Waals surface area contributed by atoms with Crippen LogP contribution in [0.1, 0.15) is 13.8 Å². The maximum absolute atomic E-state index is 9.54. The van der Waals surface area contributed by atoms with E-state index in [1.54, 1.807) is 6.92 Å². The van der Waals surface area contributed by atoms with E-state index in [0.717, 1.165) is 0 Å². The highest BCUT2D eigenvalue weighted by Gasteiger charge is 2.05. The summed E-state index contributed by atoms with van der Waals surface area (Å²) in [5, 5.41) is 11.1. The molecule has 0 saturated heterocycles. The quantitative estimate of drug-likeness (QED) is 0.518. The number of hydrogen-bond acceptors (Lipinski definition) is 3. The van der Waals surface area contributed by atoms with Crippen LogP contribution in [0.3, 0.4) is 0 Å². The normalized spacial score (nSPS) is 18.1. The van der Waals surface area contributed by atoms with E-state index in [9.17, 15) is 4.91 Å². The Kier molecular flexibility index (Phi) is 2.52. The Morgan fingerprint density at radius 1 is 1.57 bits per heavy atom. The minimum absolute atomic E-state index is 0.472. The van der Waals surface area contributed by atoms with Crippen molar-refractivity contribution in [2.75, 3.05) is 0 Å². The Hall–Kier alpha value is -0.440. The van der Waals surface area contributed by atoms with Gasteiger partial charge in [-0.15, -0.1) is 0 Å². The second-order valence-electron chi connectivity index (χ2n) is 1.59. The highest BCUT2D eigenvalue weighted by molar-refractivity contribution is 4.63. The van der Waals surface area contributed by atoms with Crippen LogP contribution < -0.4 is 0 Å². The fraction of sp³-hybridized carbons (Fsp3) is 1.00. The van der Waals surface area contributed by atoms with E-state index in [-0.39, 0.29) is 0 Å². The molecule has 0 aromatic rings. The standard InChI is InChI=1S/C4H9NO2/c1-3(5-7)4(2)6/h3-4,6H,1-2H3/t3-,4?/m1/s1. The molecule has 0 rings (SSSR count). The first-order chi connectivity index (χ1) is 3.18. The van der Waals surface area contributed by atoms with Crippen molar-refractivity contribution in [1.29, 1.82) is 0 Å². The van der Waals surface area contributed by atoms with Gasteiger partial charge in [-0.25, -0.2) is 0 Å². The smallest absolute Gasteiger partial charge is 0.115 e. The third kappa shape index (κ3) is 2.28. The van der Waals surface area contributed by atoms with Gasteiger partial charge in [0.15, 0.2) is 0 Å². The summed E-state index contributed by atoms with van der Waals surface area (Å²) < 4.78 is 0. The van der Waals surface area contributed by atoms with E-state index in [1.165, 1.54) is 6.92 Å². The molecule has 0 amide bonds. The monoisotopic (exact) mass is 103 g/mol. The van der Waals surface area contributed by atoms with E-state index >= 15 is 0 Å². The summed E-state index contributed by atoms with van der Waals surface area (Å²) in [5.74, 6) is 0. The summed E-state index contributed by atoms with van der Waals surface area (Å²) in [6.45, 7) is 3.10. The van der Waals surface area contributed by atoms with Gasteiger partial charge in [0, 0.05) is 0 Å². The van der Waals surface area contributed by atoms with Gasteiger partial charge in [-0.3, -0.25) is 0 Å². The second kappa shape index (κ2) is 2.69. The minimum Gasteiger partial charge on any atom is -0.391 e. The molecule has 1 N–H and O–H groups in total. The summed E-state index contributed by atoms with van der Waals surface area (Å²) >= 11 is 0. The third-order valence-electron chi connectivity index (χ3n) is 0.864. The first-order valence-corrected chi connectivity index (χ1v) is 2.19. The zero-order valence-electron chi connectivity index (χ0n) is 4.46. The maximum atomic E-state index is 9.54. The number of aliphatic hydroxyl groups excluding tert-OH is 1. The Labute approximate surface area is 42.3 Å². The number of rotatable bonds is 2. The second-order valence-corrected chi connectivity index (χ2v) is 1.59. The molecule has 0 aliphatic rings. The van der Waals surface area contributed by atoms with Crippen LogP contribution in [0.2, 0.25) is 0 Å². The summed E-state index contributed by atoms with van der Waals surface area (Å²) in [6, 6.07) is -0.472. The lowest BCUT2D eigenvalue weighted by Gasteiger charge is -2.01. The zero-order chi connectivity index (χ0) is 5.86. The molecule has 3 nitrogen and oxygen atoms in total. The van der Waals surface area contributed by atoms with Crippen molar-refractivity contribution in [1.82, 2.24) is 0 Å². The van der Waals surface area contributed by atoms with Gasteiger partial charge in [0.1, 0.15) is 6.04 Å². The lowest BCUT2D eigenvalue weighted by atomic mass is 10.2. The fourth-order valence-corrected chi connectivity index (χ4v) is 0.0881. The lowest BCUT2D eigenvalue weighted by Crippen LogP contribution is -2.15. The molecule has 0 aromatic heterocycles. The zero-order valence-corrected chi connectivity index (χ0v) is 4.46. The van der Waals surface area contributed by atoms with E-state index in [2.05, 4.69) is 5.18 Å². The van der Waals surface area contributed by atoms with Crippen LogP contribution in [-0.4, -0.2) is 17.3 Å². The van der Waals surface area contributed by atoms with E-state index in [4.69, 9.17) is 5.11 Å². The molecular formula is C4H9NO2. The Bertz CT molecular complexity index is 62.7. The Balaban J connectivity index is 3.33. The fourth-order valence-electron chi connectivity index (χ4n) is 0.0881. The van der Waals surface area contributed by atoms with Gasteiger partial charge in [0.25, 0.3) is 0 Å². The van der Waals surface area contributed by atoms with Gasteiger partial charge in [-0.2, -0.15) is 4.91 Å². The van der Waals surface area contributed by atoms with Crippen LogP contribution in [-0.2, 0) is 0 Å². The van der Waals surface area contributed by atoms with Crippen molar-refractivity contribution in [2.45, 2.75) is 26.0 Å². The molecule has 0 spiro atoms. The van der Waals surface area contributed by atoms with Crippen LogP contribution >= 0.6 is 0 Å². The van der Waals surface area contributed by atoms with Gasteiger partial charge in [-0.05, 0) is 13.8 Å². The minimum atomic E-state index is -0.613. The highest BCUT2D eigenvalue weighted by Crippen LogP contribution is 1.93. The molecular weight excluding hydrogens is 94.0 g/mol. The third-order valence-corrected chi connectivity index (χ3v) is 0.864. The van der Waals surface area contributed by atoms with E-state index in [1.807, 2.05) is 0 Å². The van der Waals surface area contributed by atoms with Crippen molar-refractivity contribution in [2.24, 2.45) is 5.18 Å². The summed E-state index contributed by atoms with van der Waals surface area (Å²) in [5.41, 5.74) is 0. The Morgan fingerprint density at radius 3 is 2.00 bits per heavy atom. The number of nitroso groups, excluding NO2 is 1. The van der Waals surface area contributed by atoms with Gasteiger partial charge < -0.3 is 5.11 Å². The van der Waals surface area contributed by atoms with Crippen molar-refractivity contribution < 1.29 is 5.11 Å². The average Bonchev–Trinajstić information content (AvgIpc) is 1.65. The number of hydrogen-bond donors (Lipinski definition) is 1. The SMILES string of the molecule is CC(O)[C@@H](C)N=O. The van der Waals surface area contributed by atoms with Crippen molar-refractivity contribution in [3.63, 3.8) is 0 Å². The molecule has 0 saturated carbocycles. The summed E-state index contributed by atoms with van der Waals surface area (Å²) in [7, 11) is 0. The number of nitrogens with zero attached hydrogens (tertiary/aromatic N) is 1. The molecule has 2 atom stereocenters. The van der Waals surface area contributed by atoms with Crippen molar-refractivity contribution >= 4 is 0 Å². The van der Waals surface area contributed by atoms with Gasteiger partial charge >= 0.3 is 0 Å². The molecule has 1 unspecified atom stereocenters. The van der Waals surface area contributed by atoms with E-state index in [0.29, 0.717) is 0 Å². The molecule has 0 aromatic carbocycles. The topological polar surface area (TPSA) is 49.7 Å². The van der Waals surface area contributed by atoms with E-state index < -0.39 is 12.1 Å².